The average Bonchev–Trinajstić information content (AvgIpc) is 3.70. The first-order valence-corrected chi connectivity index (χ1v) is 13.6. The Morgan fingerprint density at radius 2 is 1.76 bits per heavy atom. The zero-order valence-corrected chi connectivity index (χ0v) is 21.4. The SMILES string of the molecule is O=C(C1CC(N(CCN2CCOCC2)Cc2ccc([N+](=O)[O-])cc2)CN1C(=O)C1CC1)N1CCNCC1. The van der Waals surface area contributed by atoms with Crippen LogP contribution in [0, 0.1) is 16.0 Å². The number of nitrogens with one attached hydrogen (secondary N) is 1. The highest BCUT2D eigenvalue weighted by Crippen LogP contribution is 2.35. The van der Waals surface area contributed by atoms with E-state index < -0.39 is 6.04 Å². The zero-order valence-electron chi connectivity index (χ0n) is 21.4. The molecule has 0 bridgehead atoms. The number of nitrogens with zero attached hydrogens (tertiary/aromatic N) is 5. The number of non-ortho nitro benzene ring substituents is 1. The van der Waals surface area contributed by atoms with Crippen LogP contribution in [0.15, 0.2) is 24.3 Å². The van der Waals surface area contributed by atoms with Crippen molar-refractivity contribution < 1.29 is 19.2 Å². The van der Waals surface area contributed by atoms with E-state index in [0.29, 0.717) is 32.6 Å². The van der Waals surface area contributed by atoms with E-state index in [-0.39, 0.29) is 34.4 Å². The van der Waals surface area contributed by atoms with Gasteiger partial charge in [-0.25, -0.2) is 0 Å². The molecule has 2 unspecified atom stereocenters. The number of ether oxygens (including phenoxy) is 1. The van der Waals surface area contributed by atoms with Crippen LogP contribution in [-0.2, 0) is 20.9 Å². The molecular weight excluding hydrogens is 476 g/mol. The Kier molecular flexibility index (Phi) is 8.33. The fourth-order valence-corrected chi connectivity index (χ4v) is 5.66. The summed E-state index contributed by atoms with van der Waals surface area (Å²) in [5.41, 5.74) is 1.07. The summed E-state index contributed by atoms with van der Waals surface area (Å²) in [6.45, 7) is 9.01. The van der Waals surface area contributed by atoms with Gasteiger partial charge in [0.1, 0.15) is 6.04 Å². The number of hydrogen-bond acceptors (Lipinski definition) is 8. The third-order valence-electron chi connectivity index (χ3n) is 8.06. The summed E-state index contributed by atoms with van der Waals surface area (Å²) in [5, 5.41) is 14.4. The van der Waals surface area contributed by atoms with Gasteiger partial charge in [0, 0.05) is 89.5 Å². The Morgan fingerprint density at radius 1 is 1.05 bits per heavy atom. The van der Waals surface area contributed by atoms with Gasteiger partial charge in [0.2, 0.25) is 11.8 Å². The molecular formula is C26H38N6O5. The molecule has 4 aliphatic rings. The quantitative estimate of drug-likeness (QED) is 0.376. The van der Waals surface area contributed by atoms with Crippen LogP contribution in [0.4, 0.5) is 5.69 Å². The van der Waals surface area contributed by atoms with E-state index in [1.54, 1.807) is 12.1 Å². The van der Waals surface area contributed by atoms with Crippen LogP contribution in [-0.4, -0.2) is 121 Å². The lowest BCUT2D eigenvalue weighted by Gasteiger charge is -2.33. The predicted molar refractivity (Wildman–Crippen MR) is 137 cm³/mol. The van der Waals surface area contributed by atoms with Crippen molar-refractivity contribution >= 4 is 17.5 Å². The summed E-state index contributed by atoms with van der Waals surface area (Å²) in [6.07, 6.45) is 2.45. The Hall–Kier alpha value is -2.60. The third kappa shape index (κ3) is 6.46. The molecule has 1 aliphatic carbocycles. The van der Waals surface area contributed by atoms with Crippen molar-refractivity contribution in [2.24, 2.45) is 5.92 Å². The van der Waals surface area contributed by atoms with E-state index in [1.165, 1.54) is 0 Å². The fourth-order valence-electron chi connectivity index (χ4n) is 5.66. The topological polar surface area (TPSA) is 111 Å². The maximum Gasteiger partial charge on any atom is 0.269 e. The molecule has 1 N–H and O–H groups in total. The maximum atomic E-state index is 13.6. The Labute approximate surface area is 217 Å². The van der Waals surface area contributed by atoms with Crippen molar-refractivity contribution in [2.75, 3.05) is 72.1 Å². The summed E-state index contributed by atoms with van der Waals surface area (Å²) < 4.78 is 5.50. The number of amides is 2. The second kappa shape index (κ2) is 11.8. The Balaban J connectivity index is 1.33. The van der Waals surface area contributed by atoms with Crippen molar-refractivity contribution in [3.63, 3.8) is 0 Å². The minimum Gasteiger partial charge on any atom is -0.379 e. The molecule has 1 aromatic carbocycles. The van der Waals surface area contributed by atoms with Crippen molar-refractivity contribution in [3.05, 3.63) is 39.9 Å². The first kappa shape index (κ1) is 26.0. The molecule has 3 aliphatic heterocycles. The molecule has 0 aromatic heterocycles. The number of morpholine rings is 1. The van der Waals surface area contributed by atoms with Crippen molar-refractivity contribution in [1.82, 2.24) is 24.9 Å². The number of nitro groups is 1. The van der Waals surface area contributed by atoms with Gasteiger partial charge in [-0.3, -0.25) is 29.5 Å². The standard InChI is InChI=1S/C26H38N6O5/c33-25(21-3-4-21)31-19-23(17-24(31)26(34)29-9-7-27-8-10-29)30(12-11-28-13-15-37-16-14-28)18-20-1-5-22(6-2-20)32(35)36/h1-2,5-6,21,23-24,27H,3-4,7-19H2. The van der Waals surface area contributed by atoms with E-state index in [0.717, 1.165) is 70.9 Å². The number of benzene rings is 1. The van der Waals surface area contributed by atoms with Gasteiger partial charge in [0.15, 0.2) is 0 Å². The van der Waals surface area contributed by atoms with Gasteiger partial charge in [0.25, 0.3) is 5.69 Å². The van der Waals surface area contributed by atoms with E-state index in [2.05, 4.69) is 15.1 Å². The third-order valence-corrected chi connectivity index (χ3v) is 8.06. The van der Waals surface area contributed by atoms with Gasteiger partial charge in [-0.1, -0.05) is 12.1 Å². The molecule has 202 valence electrons. The van der Waals surface area contributed by atoms with Crippen LogP contribution in [0.25, 0.3) is 0 Å². The van der Waals surface area contributed by atoms with Crippen LogP contribution in [0.1, 0.15) is 24.8 Å². The van der Waals surface area contributed by atoms with Crippen molar-refractivity contribution in [1.29, 1.82) is 0 Å². The smallest absolute Gasteiger partial charge is 0.269 e. The minimum atomic E-state index is -0.418. The number of hydrogen-bond donors (Lipinski definition) is 1. The monoisotopic (exact) mass is 514 g/mol. The lowest BCUT2D eigenvalue weighted by Crippen LogP contribution is -2.53. The van der Waals surface area contributed by atoms with E-state index >= 15 is 0 Å². The number of nitro benzene ring substituents is 1. The molecule has 3 saturated heterocycles. The summed E-state index contributed by atoms with van der Waals surface area (Å²) in [4.78, 5) is 46.1. The van der Waals surface area contributed by atoms with Crippen LogP contribution < -0.4 is 5.32 Å². The molecule has 11 nitrogen and oxygen atoms in total. The molecule has 37 heavy (non-hydrogen) atoms. The van der Waals surface area contributed by atoms with Gasteiger partial charge < -0.3 is 19.9 Å². The second-order valence-corrected chi connectivity index (χ2v) is 10.6. The van der Waals surface area contributed by atoms with E-state index in [4.69, 9.17) is 4.74 Å². The first-order valence-electron chi connectivity index (χ1n) is 13.6. The largest absolute Gasteiger partial charge is 0.379 e. The fraction of sp³-hybridized carbons (Fsp3) is 0.692. The highest BCUT2D eigenvalue weighted by atomic mass is 16.6. The van der Waals surface area contributed by atoms with Gasteiger partial charge >= 0.3 is 0 Å². The summed E-state index contributed by atoms with van der Waals surface area (Å²) >= 11 is 0. The Bertz CT molecular complexity index is 959. The summed E-state index contributed by atoms with van der Waals surface area (Å²) in [7, 11) is 0. The van der Waals surface area contributed by atoms with Crippen LogP contribution >= 0.6 is 0 Å². The normalized spacial score (nSPS) is 25.0. The lowest BCUT2D eigenvalue weighted by atomic mass is 10.1. The van der Waals surface area contributed by atoms with Crippen LogP contribution in [0.2, 0.25) is 0 Å². The zero-order chi connectivity index (χ0) is 25.8. The van der Waals surface area contributed by atoms with Gasteiger partial charge in [-0.15, -0.1) is 0 Å². The van der Waals surface area contributed by atoms with Crippen LogP contribution in [0.5, 0.6) is 0 Å². The molecule has 2 atom stereocenters. The summed E-state index contributed by atoms with van der Waals surface area (Å²) in [6, 6.07) is 6.35. The summed E-state index contributed by atoms with van der Waals surface area (Å²) in [5.74, 6) is 0.259. The molecule has 4 fully saturated rings. The number of likely N-dealkylation sites (tertiary alicyclic amines) is 1. The van der Waals surface area contributed by atoms with E-state index in [1.807, 2.05) is 21.9 Å². The van der Waals surface area contributed by atoms with Gasteiger partial charge in [0.05, 0.1) is 18.1 Å². The van der Waals surface area contributed by atoms with Crippen molar-refractivity contribution in [2.45, 2.75) is 37.9 Å². The Morgan fingerprint density at radius 3 is 2.41 bits per heavy atom. The molecule has 0 radical (unpaired) electrons. The van der Waals surface area contributed by atoms with E-state index in [9.17, 15) is 19.7 Å². The van der Waals surface area contributed by atoms with Gasteiger partial charge in [-0.05, 0) is 24.8 Å². The number of rotatable bonds is 9. The van der Waals surface area contributed by atoms with Crippen molar-refractivity contribution in [3.8, 4) is 0 Å². The number of carbonyl (C=O) groups excluding carboxylic acids is 2. The minimum absolute atomic E-state index is 0.0517. The molecule has 5 rings (SSSR count). The molecule has 3 heterocycles. The number of piperazine rings is 1. The molecule has 2 amide bonds. The average molecular weight is 515 g/mol. The maximum absolute atomic E-state index is 13.6. The van der Waals surface area contributed by atoms with Crippen LogP contribution in [0.3, 0.4) is 0 Å². The molecule has 1 aromatic rings. The lowest BCUT2D eigenvalue weighted by molar-refractivity contribution is -0.384. The highest BCUT2D eigenvalue weighted by Gasteiger charge is 2.46. The predicted octanol–water partition coefficient (Wildman–Crippen LogP) is 0.540. The highest BCUT2D eigenvalue weighted by molar-refractivity contribution is 5.90. The van der Waals surface area contributed by atoms with Gasteiger partial charge in [-0.2, -0.15) is 0 Å². The first-order chi connectivity index (χ1) is 18.0. The molecule has 1 saturated carbocycles. The second-order valence-electron chi connectivity index (χ2n) is 10.6. The molecule has 11 heteroatoms. The number of carbonyl (C=O) groups is 2. The molecule has 0 spiro atoms.